The zero-order chi connectivity index (χ0) is 31.4. The van der Waals surface area contributed by atoms with E-state index in [0.29, 0.717) is 23.2 Å². The van der Waals surface area contributed by atoms with Gasteiger partial charge in [0.15, 0.2) is 5.65 Å². The van der Waals surface area contributed by atoms with Crippen LogP contribution in [0.5, 0.6) is 0 Å². The molecule has 0 aliphatic carbocycles. The van der Waals surface area contributed by atoms with Crippen molar-refractivity contribution in [2.75, 3.05) is 18.0 Å². The standard InChI is InChI=1S/C31H32F3N5O4S/c1-19-10-11-21(25(16-28(40)41)24-12-14-39-29(20(24)2)35-36-30(39)31(32,33)34)15-22(19)17-37-18-23-7-5-6-13-38(23)26-8-3-4-9-27(26)44(37,42)43/h3-4,8-12,14-15,23,25H,5-7,13,16-18H2,1-2H3,(H,40,41)/t23-,25+/m1/s1. The second-order valence-electron chi connectivity index (χ2n) is 11.6. The third-order valence-corrected chi connectivity index (χ3v) is 10.7. The number of aryl methyl sites for hydroxylation is 2. The third kappa shape index (κ3) is 5.32. The highest BCUT2D eigenvalue weighted by Crippen LogP contribution is 2.38. The average molecular weight is 628 g/mol. The lowest BCUT2D eigenvalue weighted by molar-refractivity contribution is -0.145. The number of hydrogen-bond acceptors (Lipinski definition) is 6. The number of rotatable bonds is 6. The summed E-state index contributed by atoms with van der Waals surface area (Å²) in [6.45, 7) is 4.68. The molecule has 0 unspecified atom stereocenters. The zero-order valence-corrected chi connectivity index (χ0v) is 25.1. The second kappa shape index (κ2) is 11.2. The molecule has 9 nitrogen and oxygen atoms in total. The van der Waals surface area contributed by atoms with E-state index in [1.807, 2.05) is 31.2 Å². The maximum absolute atomic E-state index is 14.0. The molecule has 0 radical (unpaired) electrons. The van der Waals surface area contributed by atoms with E-state index < -0.39 is 33.9 Å². The summed E-state index contributed by atoms with van der Waals surface area (Å²) in [5.41, 5.74) is 3.78. The Labute approximate surface area is 253 Å². The number of alkyl halides is 3. The Morgan fingerprint density at radius 3 is 2.61 bits per heavy atom. The Bertz CT molecular complexity index is 1860. The minimum absolute atomic E-state index is 0.0103. The van der Waals surface area contributed by atoms with E-state index in [-0.39, 0.29) is 29.6 Å². The third-order valence-electron chi connectivity index (χ3n) is 8.83. The number of aromatic nitrogens is 3. The van der Waals surface area contributed by atoms with Gasteiger partial charge in [-0.3, -0.25) is 9.20 Å². The van der Waals surface area contributed by atoms with Gasteiger partial charge in [-0.15, -0.1) is 10.2 Å². The van der Waals surface area contributed by atoms with Crippen LogP contribution in [0.2, 0.25) is 0 Å². The highest BCUT2D eigenvalue weighted by Gasteiger charge is 2.39. The molecule has 1 N–H and O–H groups in total. The van der Waals surface area contributed by atoms with Crippen molar-refractivity contribution in [1.29, 1.82) is 0 Å². The molecular formula is C31H32F3N5O4S. The molecule has 13 heteroatoms. The molecule has 4 aromatic rings. The molecule has 44 heavy (non-hydrogen) atoms. The van der Waals surface area contributed by atoms with Crippen molar-refractivity contribution in [1.82, 2.24) is 18.9 Å². The number of hydrogen-bond donors (Lipinski definition) is 1. The Morgan fingerprint density at radius 1 is 1.09 bits per heavy atom. The minimum Gasteiger partial charge on any atom is -0.481 e. The summed E-state index contributed by atoms with van der Waals surface area (Å²) in [6.07, 6.45) is -0.936. The van der Waals surface area contributed by atoms with Crippen LogP contribution in [-0.4, -0.2) is 57.5 Å². The lowest BCUT2D eigenvalue weighted by Gasteiger charge is -2.37. The number of nitrogens with zero attached hydrogens (tertiary/aromatic N) is 5. The first-order chi connectivity index (χ1) is 20.9. The van der Waals surface area contributed by atoms with Crippen molar-refractivity contribution in [3.8, 4) is 0 Å². The van der Waals surface area contributed by atoms with E-state index in [4.69, 9.17) is 0 Å². The van der Waals surface area contributed by atoms with Gasteiger partial charge < -0.3 is 10.0 Å². The first kappa shape index (κ1) is 30.1. The molecule has 0 saturated carbocycles. The van der Waals surface area contributed by atoms with Gasteiger partial charge in [-0.2, -0.15) is 17.5 Å². The van der Waals surface area contributed by atoms with Gasteiger partial charge in [0.1, 0.15) is 4.90 Å². The van der Waals surface area contributed by atoms with Gasteiger partial charge in [-0.25, -0.2) is 8.42 Å². The van der Waals surface area contributed by atoms with Gasteiger partial charge in [0.25, 0.3) is 0 Å². The molecule has 6 rings (SSSR count). The number of pyridine rings is 1. The minimum atomic E-state index is -4.71. The SMILES string of the molecule is Cc1ccc([C@H](CC(=O)O)c2ccn3c(C(F)(F)F)nnc3c2C)cc1CN1C[C@H]2CCCCN2c2ccccc2S1(=O)=O. The molecule has 0 spiro atoms. The summed E-state index contributed by atoms with van der Waals surface area (Å²) in [5.74, 6) is -2.97. The molecule has 2 aliphatic rings. The number of fused-ring (bicyclic) bond motifs is 4. The van der Waals surface area contributed by atoms with E-state index >= 15 is 0 Å². The number of benzene rings is 2. The molecule has 1 saturated heterocycles. The van der Waals surface area contributed by atoms with Crippen molar-refractivity contribution in [2.45, 2.75) is 69.1 Å². The highest BCUT2D eigenvalue weighted by atomic mass is 32.2. The summed E-state index contributed by atoms with van der Waals surface area (Å²) in [7, 11) is -3.85. The Balaban J connectivity index is 1.40. The molecule has 1 fully saturated rings. The average Bonchev–Trinajstić information content (AvgIpc) is 3.40. The zero-order valence-electron chi connectivity index (χ0n) is 24.3. The van der Waals surface area contributed by atoms with Crippen LogP contribution in [0, 0.1) is 13.8 Å². The molecule has 2 aromatic carbocycles. The number of anilines is 1. The topological polar surface area (TPSA) is 108 Å². The number of halogens is 3. The van der Waals surface area contributed by atoms with Crippen LogP contribution in [-0.2, 0) is 27.5 Å². The molecule has 2 aliphatic heterocycles. The van der Waals surface area contributed by atoms with Crippen LogP contribution in [0.3, 0.4) is 0 Å². The molecule has 2 aromatic heterocycles. The van der Waals surface area contributed by atoms with Crippen molar-refractivity contribution in [3.05, 3.63) is 88.4 Å². The molecule has 0 bridgehead atoms. The number of piperidine rings is 1. The monoisotopic (exact) mass is 627 g/mol. The van der Waals surface area contributed by atoms with Gasteiger partial charge in [0.2, 0.25) is 15.8 Å². The van der Waals surface area contributed by atoms with Gasteiger partial charge >= 0.3 is 12.1 Å². The van der Waals surface area contributed by atoms with E-state index in [2.05, 4.69) is 15.1 Å². The van der Waals surface area contributed by atoms with Gasteiger partial charge in [-0.05, 0) is 79.1 Å². The lowest BCUT2D eigenvalue weighted by Crippen LogP contribution is -2.45. The van der Waals surface area contributed by atoms with Crippen molar-refractivity contribution < 1.29 is 31.5 Å². The van der Waals surface area contributed by atoms with Crippen LogP contribution in [0.1, 0.15) is 65.2 Å². The number of carboxylic acid groups (broad SMARTS) is 1. The van der Waals surface area contributed by atoms with E-state index in [1.165, 1.54) is 16.6 Å². The van der Waals surface area contributed by atoms with E-state index in [0.717, 1.165) is 47.0 Å². The summed E-state index contributed by atoms with van der Waals surface area (Å²) in [4.78, 5) is 14.5. The van der Waals surface area contributed by atoms with Crippen LogP contribution in [0.15, 0.2) is 59.6 Å². The Kier molecular flexibility index (Phi) is 7.65. The molecule has 232 valence electrons. The summed E-state index contributed by atoms with van der Waals surface area (Å²) < 4.78 is 70.8. The number of aliphatic carboxylic acids is 1. The maximum atomic E-state index is 14.0. The molecule has 0 amide bonds. The van der Waals surface area contributed by atoms with Crippen molar-refractivity contribution in [3.63, 3.8) is 0 Å². The van der Waals surface area contributed by atoms with Crippen LogP contribution >= 0.6 is 0 Å². The largest absolute Gasteiger partial charge is 0.481 e. The first-order valence-electron chi connectivity index (χ1n) is 14.4. The number of carboxylic acids is 1. The van der Waals surface area contributed by atoms with Crippen LogP contribution in [0.4, 0.5) is 18.9 Å². The highest BCUT2D eigenvalue weighted by molar-refractivity contribution is 7.89. The number of sulfonamides is 1. The lowest BCUT2D eigenvalue weighted by atomic mass is 9.85. The fraction of sp³-hybridized carbons (Fsp3) is 0.387. The van der Waals surface area contributed by atoms with Crippen molar-refractivity contribution >= 4 is 27.3 Å². The van der Waals surface area contributed by atoms with Gasteiger partial charge in [0, 0.05) is 37.8 Å². The maximum Gasteiger partial charge on any atom is 0.452 e. The fourth-order valence-electron chi connectivity index (χ4n) is 6.56. The molecular weight excluding hydrogens is 595 g/mol. The molecule has 2 atom stereocenters. The molecule has 4 heterocycles. The second-order valence-corrected chi connectivity index (χ2v) is 13.5. The van der Waals surface area contributed by atoms with Gasteiger partial charge in [-0.1, -0.05) is 30.3 Å². The van der Waals surface area contributed by atoms with E-state index in [1.54, 1.807) is 25.1 Å². The normalized spacial score (nSPS) is 19.3. The Morgan fingerprint density at radius 2 is 1.86 bits per heavy atom. The predicted molar refractivity (Wildman–Crippen MR) is 157 cm³/mol. The van der Waals surface area contributed by atoms with Crippen LogP contribution in [0.25, 0.3) is 5.65 Å². The van der Waals surface area contributed by atoms with Crippen LogP contribution < -0.4 is 4.90 Å². The Hall–Kier alpha value is -3.97. The van der Waals surface area contributed by atoms with Gasteiger partial charge in [0.05, 0.1) is 12.1 Å². The first-order valence-corrected chi connectivity index (χ1v) is 15.9. The number of para-hydroxylation sites is 1. The fourth-order valence-corrected chi connectivity index (χ4v) is 8.22. The summed E-state index contributed by atoms with van der Waals surface area (Å²) in [6, 6.07) is 14.0. The smallest absolute Gasteiger partial charge is 0.452 e. The van der Waals surface area contributed by atoms with Crippen molar-refractivity contribution in [2.24, 2.45) is 0 Å². The van der Waals surface area contributed by atoms with E-state index in [9.17, 15) is 31.5 Å². The summed E-state index contributed by atoms with van der Waals surface area (Å²) in [5, 5.41) is 16.9. The quantitative estimate of drug-likeness (QED) is 0.299. The predicted octanol–water partition coefficient (Wildman–Crippen LogP) is 5.53. The number of carbonyl (C=O) groups is 1. The summed E-state index contributed by atoms with van der Waals surface area (Å²) >= 11 is 0.